The molecule has 1 aromatic carbocycles. The Labute approximate surface area is 196 Å². The maximum absolute atomic E-state index is 11.9. The lowest BCUT2D eigenvalue weighted by atomic mass is 9.83. The van der Waals surface area contributed by atoms with Crippen LogP contribution in [0, 0.1) is 5.92 Å². The van der Waals surface area contributed by atoms with Crippen LogP contribution < -0.4 is 16.0 Å². The fourth-order valence-corrected chi connectivity index (χ4v) is 5.26. The van der Waals surface area contributed by atoms with Gasteiger partial charge in [0.05, 0.1) is 0 Å². The Morgan fingerprint density at radius 1 is 0.939 bits per heavy atom. The molecule has 0 spiro atoms. The molecule has 0 radical (unpaired) electrons. The Balaban J connectivity index is 1.23. The van der Waals surface area contributed by atoms with Gasteiger partial charge in [-0.05, 0) is 87.6 Å². The number of nitrogens with zero attached hydrogens (tertiary/aromatic N) is 5. The SMILES string of the molecule is NC(=O)c1nnc(N2CCCCC2)nc1Nc1ccc(C2CCN(CC3CCC3)CC2)cc1. The zero-order chi connectivity index (χ0) is 22.6. The van der Waals surface area contributed by atoms with E-state index in [-0.39, 0.29) is 5.69 Å². The number of aromatic nitrogens is 3. The standard InChI is InChI=1S/C25H35N7O/c26-23(33)22-24(28-25(30-29-22)32-13-2-1-3-14-32)27-21-9-7-19(8-10-21)20-11-15-31(16-12-20)17-18-5-4-6-18/h7-10,18,20H,1-6,11-17H2,(H2,26,33)(H,27,28,30). The zero-order valence-corrected chi connectivity index (χ0v) is 19.4. The van der Waals surface area contributed by atoms with Gasteiger partial charge in [0, 0.05) is 25.3 Å². The van der Waals surface area contributed by atoms with Gasteiger partial charge in [0.15, 0.2) is 11.5 Å². The van der Waals surface area contributed by atoms with E-state index in [1.54, 1.807) is 0 Å². The number of primary amides is 1. The number of anilines is 3. The van der Waals surface area contributed by atoms with Gasteiger partial charge in [0.2, 0.25) is 5.95 Å². The van der Waals surface area contributed by atoms with Crippen molar-refractivity contribution in [3.63, 3.8) is 0 Å². The second-order valence-corrected chi connectivity index (χ2v) is 9.84. The van der Waals surface area contributed by atoms with E-state index < -0.39 is 5.91 Å². The number of likely N-dealkylation sites (tertiary alicyclic amines) is 1. The van der Waals surface area contributed by atoms with Gasteiger partial charge in [-0.25, -0.2) is 0 Å². The molecule has 2 aromatic rings. The summed E-state index contributed by atoms with van der Waals surface area (Å²) in [5, 5.41) is 11.5. The highest BCUT2D eigenvalue weighted by molar-refractivity contribution is 5.96. The summed E-state index contributed by atoms with van der Waals surface area (Å²) in [6.07, 6.45) is 10.2. The van der Waals surface area contributed by atoms with Crippen molar-refractivity contribution in [3.05, 3.63) is 35.5 Å². The van der Waals surface area contributed by atoms with Gasteiger partial charge in [0.1, 0.15) is 0 Å². The molecule has 0 atom stereocenters. The largest absolute Gasteiger partial charge is 0.364 e. The second-order valence-electron chi connectivity index (χ2n) is 9.84. The smallest absolute Gasteiger partial charge is 0.273 e. The van der Waals surface area contributed by atoms with Crippen LogP contribution in [-0.2, 0) is 0 Å². The zero-order valence-electron chi connectivity index (χ0n) is 19.4. The maximum atomic E-state index is 11.9. The molecule has 2 saturated heterocycles. The Kier molecular flexibility index (Phi) is 6.71. The van der Waals surface area contributed by atoms with Gasteiger partial charge in [-0.15, -0.1) is 10.2 Å². The van der Waals surface area contributed by atoms with Gasteiger partial charge >= 0.3 is 0 Å². The van der Waals surface area contributed by atoms with Gasteiger partial charge in [-0.3, -0.25) is 4.79 Å². The summed E-state index contributed by atoms with van der Waals surface area (Å²) >= 11 is 0. The van der Waals surface area contributed by atoms with Crippen LogP contribution >= 0.6 is 0 Å². The molecular weight excluding hydrogens is 414 g/mol. The van der Waals surface area contributed by atoms with Crippen molar-refractivity contribution in [2.75, 3.05) is 42.9 Å². The molecule has 1 saturated carbocycles. The molecule has 0 bridgehead atoms. The average Bonchev–Trinajstić information content (AvgIpc) is 2.83. The highest BCUT2D eigenvalue weighted by Crippen LogP contribution is 2.32. The Hall–Kier alpha value is -2.74. The highest BCUT2D eigenvalue weighted by atomic mass is 16.1. The maximum Gasteiger partial charge on any atom is 0.273 e. The molecule has 33 heavy (non-hydrogen) atoms. The van der Waals surface area contributed by atoms with Gasteiger partial charge in [-0.2, -0.15) is 4.98 Å². The molecule has 1 aromatic heterocycles. The van der Waals surface area contributed by atoms with Crippen LogP contribution in [0.15, 0.2) is 24.3 Å². The molecule has 3 N–H and O–H groups in total. The van der Waals surface area contributed by atoms with Crippen molar-refractivity contribution < 1.29 is 4.79 Å². The third-order valence-electron chi connectivity index (χ3n) is 7.52. The summed E-state index contributed by atoms with van der Waals surface area (Å²) in [7, 11) is 0. The van der Waals surface area contributed by atoms with E-state index in [1.807, 2.05) is 0 Å². The number of piperidine rings is 2. The first kappa shape index (κ1) is 22.1. The predicted octanol–water partition coefficient (Wildman–Crippen LogP) is 3.68. The third-order valence-corrected chi connectivity index (χ3v) is 7.52. The van der Waals surface area contributed by atoms with Crippen LogP contribution in [0.3, 0.4) is 0 Å². The molecule has 2 aliphatic heterocycles. The van der Waals surface area contributed by atoms with Crippen molar-refractivity contribution in [2.45, 2.75) is 57.3 Å². The number of benzene rings is 1. The molecule has 3 fully saturated rings. The number of carbonyl (C=O) groups is 1. The molecule has 5 rings (SSSR count). The lowest BCUT2D eigenvalue weighted by molar-refractivity contribution is 0.0995. The number of hydrogen-bond acceptors (Lipinski definition) is 7. The number of nitrogens with two attached hydrogens (primary N) is 1. The second kappa shape index (κ2) is 10.0. The van der Waals surface area contributed by atoms with Crippen LogP contribution in [0.2, 0.25) is 0 Å². The number of rotatable bonds is 7. The number of amides is 1. The third kappa shape index (κ3) is 5.27. The molecule has 3 heterocycles. The Morgan fingerprint density at radius 2 is 1.67 bits per heavy atom. The molecule has 8 heteroatoms. The van der Waals surface area contributed by atoms with Gasteiger partial charge in [-0.1, -0.05) is 18.6 Å². The summed E-state index contributed by atoms with van der Waals surface area (Å²) in [6.45, 7) is 5.52. The van der Waals surface area contributed by atoms with Crippen molar-refractivity contribution in [1.29, 1.82) is 0 Å². The van der Waals surface area contributed by atoms with E-state index in [2.05, 4.69) is 54.6 Å². The summed E-state index contributed by atoms with van der Waals surface area (Å²) in [5.74, 6) is 1.85. The molecule has 176 valence electrons. The van der Waals surface area contributed by atoms with Crippen LogP contribution in [0.25, 0.3) is 0 Å². The fourth-order valence-electron chi connectivity index (χ4n) is 5.26. The minimum absolute atomic E-state index is 0.0682. The van der Waals surface area contributed by atoms with Crippen molar-refractivity contribution >= 4 is 23.4 Å². The first-order valence-corrected chi connectivity index (χ1v) is 12.5. The lowest BCUT2D eigenvalue weighted by Crippen LogP contribution is -2.38. The van der Waals surface area contributed by atoms with Crippen LogP contribution in [0.4, 0.5) is 17.5 Å². The quantitative estimate of drug-likeness (QED) is 0.665. The summed E-state index contributed by atoms with van der Waals surface area (Å²) in [5.41, 5.74) is 7.85. The van der Waals surface area contributed by atoms with Gasteiger partial charge < -0.3 is 20.9 Å². The highest BCUT2D eigenvalue weighted by Gasteiger charge is 2.25. The summed E-state index contributed by atoms with van der Waals surface area (Å²) in [6, 6.07) is 8.50. The molecule has 8 nitrogen and oxygen atoms in total. The topological polar surface area (TPSA) is 100 Å². The minimum atomic E-state index is -0.632. The van der Waals surface area contributed by atoms with Crippen LogP contribution in [0.5, 0.6) is 0 Å². The van der Waals surface area contributed by atoms with E-state index in [1.165, 1.54) is 63.7 Å². The monoisotopic (exact) mass is 449 g/mol. The first-order valence-electron chi connectivity index (χ1n) is 12.5. The summed E-state index contributed by atoms with van der Waals surface area (Å²) < 4.78 is 0. The normalized spacial score (nSPS) is 20.4. The van der Waals surface area contributed by atoms with E-state index >= 15 is 0 Å². The lowest BCUT2D eigenvalue weighted by Gasteiger charge is -2.37. The van der Waals surface area contributed by atoms with Gasteiger partial charge in [0.25, 0.3) is 5.91 Å². The van der Waals surface area contributed by atoms with Crippen LogP contribution in [-0.4, -0.2) is 58.7 Å². The molecule has 1 aliphatic carbocycles. The van der Waals surface area contributed by atoms with Crippen molar-refractivity contribution in [3.8, 4) is 0 Å². The number of hydrogen-bond donors (Lipinski definition) is 2. The summed E-state index contributed by atoms with van der Waals surface area (Å²) in [4.78, 5) is 21.3. The van der Waals surface area contributed by atoms with Crippen molar-refractivity contribution in [1.82, 2.24) is 20.1 Å². The van der Waals surface area contributed by atoms with Crippen LogP contribution in [0.1, 0.15) is 73.3 Å². The average molecular weight is 450 g/mol. The fraction of sp³-hybridized carbons (Fsp3) is 0.600. The van der Waals surface area contributed by atoms with Crippen molar-refractivity contribution in [2.24, 2.45) is 11.7 Å². The van der Waals surface area contributed by atoms with E-state index in [0.717, 1.165) is 37.5 Å². The predicted molar refractivity (Wildman–Crippen MR) is 130 cm³/mol. The molecular formula is C25H35N7O. The van der Waals surface area contributed by atoms with E-state index in [9.17, 15) is 4.79 Å². The molecule has 3 aliphatic rings. The molecule has 1 amide bonds. The van der Waals surface area contributed by atoms with E-state index in [0.29, 0.717) is 17.7 Å². The number of carbonyl (C=O) groups excluding carboxylic acids is 1. The molecule has 0 unspecified atom stereocenters. The van der Waals surface area contributed by atoms with E-state index in [4.69, 9.17) is 5.73 Å². The first-order chi connectivity index (χ1) is 16.2. The number of nitrogens with one attached hydrogen (secondary N) is 1. The Bertz CT molecular complexity index is 946. The Morgan fingerprint density at radius 3 is 2.30 bits per heavy atom. The minimum Gasteiger partial charge on any atom is -0.364 e.